The highest BCUT2D eigenvalue weighted by atomic mass is 16.6. The zero-order valence-corrected chi connectivity index (χ0v) is 21.3. The molecule has 1 amide bonds. The van der Waals surface area contributed by atoms with Gasteiger partial charge in [0.25, 0.3) is 0 Å². The SMILES string of the molecule is O=C(O)CCCCCCCCCCCCCCCCCCC(=O)N[C@@H]1O[C@H](CO)[C@@H](O)[C@H](O)[C@H]1O. The Morgan fingerprint density at radius 2 is 1.00 bits per heavy atom. The van der Waals surface area contributed by atoms with E-state index in [1.54, 1.807) is 0 Å². The van der Waals surface area contributed by atoms with Crippen molar-refractivity contribution < 1.29 is 39.9 Å². The molecule has 0 aromatic rings. The molecule has 6 N–H and O–H groups in total. The number of amides is 1. The van der Waals surface area contributed by atoms with Crippen LogP contribution in [0.5, 0.6) is 0 Å². The Hall–Kier alpha value is -1.26. The second-order valence-corrected chi connectivity index (χ2v) is 9.87. The molecule has 1 aliphatic heterocycles. The second kappa shape index (κ2) is 19.9. The predicted octanol–water partition coefficient (Wildman–Crippen LogP) is 3.01. The van der Waals surface area contributed by atoms with Crippen LogP contribution < -0.4 is 5.32 Å². The van der Waals surface area contributed by atoms with Gasteiger partial charge in [-0.2, -0.15) is 0 Å². The van der Waals surface area contributed by atoms with Crippen molar-refractivity contribution in [3.8, 4) is 0 Å². The minimum Gasteiger partial charge on any atom is -0.481 e. The van der Waals surface area contributed by atoms with E-state index in [0.29, 0.717) is 12.8 Å². The number of hydrogen-bond donors (Lipinski definition) is 6. The van der Waals surface area contributed by atoms with Crippen LogP contribution in [0.1, 0.15) is 116 Å². The summed E-state index contributed by atoms with van der Waals surface area (Å²) in [4.78, 5) is 22.5. The molecule has 9 nitrogen and oxygen atoms in total. The summed E-state index contributed by atoms with van der Waals surface area (Å²) in [6.07, 6.45) is 12.4. The highest BCUT2D eigenvalue weighted by Crippen LogP contribution is 2.20. The summed E-state index contributed by atoms with van der Waals surface area (Å²) in [5.74, 6) is -0.977. The molecule has 0 unspecified atom stereocenters. The van der Waals surface area contributed by atoms with Crippen LogP contribution in [0, 0.1) is 0 Å². The molecule has 0 radical (unpaired) electrons. The molecule has 0 spiro atoms. The Bertz CT molecular complexity index is 559. The van der Waals surface area contributed by atoms with E-state index in [1.807, 2.05) is 0 Å². The smallest absolute Gasteiger partial charge is 0.303 e. The van der Waals surface area contributed by atoms with Crippen molar-refractivity contribution in [2.75, 3.05) is 6.61 Å². The monoisotopic (exact) mass is 503 g/mol. The van der Waals surface area contributed by atoms with Crippen molar-refractivity contribution in [2.45, 2.75) is 146 Å². The Morgan fingerprint density at radius 3 is 1.40 bits per heavy atom. The van der Waals surface area contributed by atoms with Gasteiger partial charge in [0, 0.05) is 12.8 Å². The van der Waals surface area contributed by atoms with E-state index in [0.717, 1.165) is 44.9 Å². The quantitative estimate of drug-likeness (QED) is 0.131. The zero-order chi connectivity index (χ0) is 25.9. The van der Waals surface area contributed by atoms with Gasteiger partial charge < -0.3 is 35.6 Å². The van der Waals surface area contributed by atoms with Crippen molar-refractivity contribution in [1.29, 1.82) is 0 Å². The van der Waals surface area contributed by atoms with Crippen molar-refractivity contribution in [3.63, 3.8) is 0 Å². The van der Waals surface area contributed by atoms with Gasteiger partial charge >= 0.3 is 5.97 Å². The molecule has 9 heteroatoms. The highest BCUT2D eigenvalue weighted by molar-refractivity contribution is 5.76. The van der Waals surface area contributed by atoms with Gasteiger partial charge in [0.15, 0.2) is 6.23 Å². The topological polar surface area (TPSA) is 157 Å². The molecule has 1 rings (SSSR count). The minimum atomic E-state index is -1.49. The van der Waals surface area contributed by atoms with Crippen LogP contribution in [0.2, 0.25) is 0 Å². The number of ether oxygens (including phenoxy) is 1. The molecule has 1 aliphatic rings. The first-order chi connectivity index (χ1) is 16.9. The summed E-state index contributed by atoms with van der Waals surface area (Å²) in [5, 5.41) is 49.8. The lowest BCUT2D eigenvalue weighted by Crippen LogP contribution is -2.63. The van der Waals surface area contributed by atoms with Crippen molar-refractivity contribution in [2.24, 2.45) is 0 Å². The summed E-state index contributed by atoms with van der Waals surface area (Å²) in [7, 11) is 0. The standard InChI is InChI=1S/C26H49NO8/c28-19-20-23(32)24(33)25(34)26(35-20)27-21(29)17-15-13-11-9-7-5-3-1-2-4-6-8-10-12-14-16-18-22(30)31/h20,23-26,28,32-34H,1-19H2,(H,27,29)(H,30,31)/t20-,23-,24+,25-,26-/m1/s1. The molecular formula is C26H49NO8. The molecule has 0 saturated carbocycles. The number of carboxylic acids is 1. The Labute approximate surface area is 210 Å². The van der Waals surface area contributed by atoms with E-state index >= 15 is 0 Å². The predicted molar refractivity (Wildman–Crippen MR) is 133 cm³/mol. The normalized spacial score (nSPS) is 24.4. The van der Waals surface area contributed by atoms with E-state index < -0.39 is 43.2 Å². The summed E-state index contributed by atoms with van der Waals surface area (Å²) < 4.78 is 5.29. The Morgan fingerprint density at radius 1 is 0.600 bits per heavy atom. The lowest BCUT2D eigenvalue weighted by atomic mass is 9.98. The average molecular weight is 504 g/mol. The fraction of sp³-hybridized carbons (Fsp3) is 0.923. The van der Waals surface area contributed by atoms with Gasteiger partial charge in [-0.25, -0.2) is 0 Å². The van der Waals surface area contributed by atoms with Crippen molar-refractivity contribution >= 4 is 11.9 Å². The molecule has 1 fully saturated rings. The van der Waals surface area contributed by atoms with Crippen LogP contribution in [-0.2, 0) is 14.3 Å². The molecule has 0 aromatic carbocycles. The molecule has 0 bridgehead atoms. The summed E-state index contributed by atoms with van der Waals surface area (Å²) >= 11 is 0. The van der Waals surface area contributed by atoms with Gasteiger partial charge in [-0.05, 0) is 12.8 Å². The third kappa shape index (κ3) is 14.8. The first-order valence-electron chi connectivity index (χ1n) is 13.7. The van der Waals surface area contributed by atoms with Crippen molar-refractivity contribution in [1.82, 2.24) is 5.32 Å². The fourth-order valence-electron chi connectivity index (χ4n) is 4.49. The highest BCUT2D eigenvalue weighted by Gasteiger charge is 2.43. The number of hydrogen-bond acceptors (Lipinski definition) is 7. The van der Waals surface area contributed by atoms with Crippen molar-refractivity contribution in [3.05, 3.63) is 0 Å². The summed E-state index contributed by atoms with van der Waals surface area (Å²) in [6, 6.07) is 0. The number of unbranched alkanes of at least 4 members (excludes halogenated alkanes) is 15. The van der Waals surface area contributed by atoms with Crippen LogP contribution in [0.4, 0.5) is 0 Å². The van der Waals surface area contributed by atoms with Gasteiger partial charge in [0.1, 0.15) is 24.4 Å². The molecule has 5 atom stereocenters. The van der Waals surface area contributed by atoms with Gasteiger partial charge in [-0.3, -0.25) is 9.59 Å². The Balaban J connectivity index is 1.87. The zero-order valence-electron chi connectivity index (χ0n) is 21.3. The van der Waals surface area contributed by atoms with Gasteiger partial charge in [0.05, 0.1) is 6.61 Å². The number of nitrogens with one attached hydrogen (secondary N) is 1. The maximum absolute atomic E-state index is 12.1. The molecule has 0 aromatic heterocycles. The average Bonchev–Trinajstić information content (AvgIpc) is 2.83. The maximum Gasteiger partial charge on any atom is 0.303 e. The number of carbonyl (C=O) groups excluding carboxylic acids is 1. The van der Waals surface area contributed by atoms with E-state index in [1.165, 1.54) is 57.8 Å². The maximum atomic E-state index is 12.1. The van der Waals surface area contributed by atoms with E-state index in [-0.39, 0.29) is 5.91 Å². The number of aliphatic hydroxyl groups excluding tert-OH is 4. The number of aliphatic carboxylic acids is 1. The summed E-state index contributed by atoms with van der Waals surface area (Å²) in [5.41, 5.74) is 0. The minimum absolute atomic E-state index is 0.285. The van der Waals surface area contributed by atoms with Crippen LogP contribution in [0.15, 0.2) is 0 Å². The number of aliphatic hydroxyl groups is 4. The Kier molecular flexibility index (Phi) is 18.0. The number of carbonyl (C=O) groups is 2. The first kappa shape index (κ1) is 31.8. The molecule has 1 saturated heterocycles. The second-order valence-electron chi connectivity index (χ2n) is 9.87. The lowest BCUT2D eigenvalue weighted by Gasteiger charge is -2.40. The lowest BCUT2D eigenvalue weighted by molar-refractivity contribution is -0.236. The van der Waals surface area contributed by atoms with E-state index in [2.05, 4.69) is 5.32 Å². The first-order valence-corrected chi connectivity index (χ1v) is 13.7. The molecular weight excluding hydrogens is 454 g/mol. The van der Waals surface area contributed by atoms with Gasteiger partial charge in [0.2, 0.25) is 5.91 Å². The van der Waals surface area contributed by atoms with Gasteiger partial charge in [-0.1, -0.05) is 89.9 Å². The third-order valence-electron chi connectivity index (χ3n) is 6.74. The summed E-state index contributed by atoms with van der Waals surface area (Å²) in [6.45, 7) is -0.518. The molecule has 0 aliphatic carbocycles. The molecule has 206 valence electrons. The number of rotatable bonds is 21. The van der Waals surface area contributed by atoms with Crippen LogP contribution in [0.25, 0.3) is 0 Å². The number of carboxylic acid groups (broad SMARTS) is 1. The van der Waals surface area contributed by atoms with Crippen LogP contribution >= 0.6 is 0 Å². The molecule has 1 heterocycles. The largest absolute Gasteiger partial charge is 0.481 e. The fourth-order valence-corrected chi connectivity index (χ4v) is 4.49. The van der Waals surface area contributed by atoms with E-state index in [4.69, 9.17) is 9.84 Å². The van der Waals surface area contributed by atoms with Crippen LogP contribution in [0.3, 0.4) is 0 Å². The van der Waals surface area contributed by atoms with E-state index in [9.17, 15) is 30.0 Å². The van der Waals surface area contributed by atoms with Crippen LogP contribution in [-0.4, -0.2) is 74.7 Å². The third-order valence-corrected chi connectivity index (χ3v) is 6.74. The van der Waals surface area contributed by atoms with Gasteiger partial charge in [-0.15, -0.1) is 0 Å². The molecule has 35 heavy (non-hydrogen) atoms.